The molecular formula is C11H28O4Si2. The normalized spacial score (nSPS) is 15.9. The van der Waals surface area contributed by atoms with E-state index in [1.54, 1.807) is 21.3 Å². The van der Waals surface area contributed by atoms with Gasteiger partial charge in [-0.15, -0.1) is 0 Å². The first kappa shape index (κ1) is 17.3. The van der Waals surface area contributed by atoms with Crippen molar-refractivity contribution < 1.29 is 18.4 Å². The Bertz CT molecular complexity index is 157. The third-order valence-electron chi connectivity index (χ3n) is 3.84. The Morgan fingerprint density at radius 1 is 0.882 bits per heavy atom. The molecule has 0 bridgehead atoms. The smallest absolute Gasteiger partial charge is 0.337 e. The lowest BCUT2D eigenvalue weighted by atomic mass is 10.6. The highest BCUT2D eigenvalue weighted by atomic mass is 28.4. The van der Waals surface area contributed by atoms with E-state index in [1.807, 2.05) is 0 Å². The highest BCUT2D eigenvalue weighted by molar-refractivity contribution is 6.73. The van der Waals surface area contributed by atoms with Crippen LogP contribution in [-0.2, 0) is 13.3 Å². The van der Waals surface area contributed by atoms with Crippen LogP contribution in [0.5, 0.6) is 0 Å². The van der Waals surface area contributed by atoms with Gasteiger partial charge in [0.05, 0.1) is 6.23 Å². The first-order valence-electron chi connectivity index (χ1n) is 6.34. The van der Waals surface area contributed by atoms with Gasteiger partial charge in [-0.2, -0.15) is 0 Å². The van der Waals surface area contributed by atoms with Crippen molar-refractivity contribution in [1.82, 2.24) is 0 Å². The van der Waals surface area contributed by atoms with E-state index in [2.05, 4.69) is 13.8 Å². The van der Waals surface area contributed by atoms with E-state index >= 15 is 0 Å². The van der Waals surface area contributed by atoms with Gasteiger partial charge < -0.3 is 18.4 Å². The zero-order chi connectivity index (χ0) is 13.4. The van der Waals surface area contributed by atoms with Gasteiger partial charge in [-0.05, 0) is 24.2 Å². The Morgan fingerprint density at radius 2 is 1.47 bits per heavy atom. The van der Waals surface area contributed by atoms with Gasteiger partial charge in [0.2, 0.25) is 8.32 Å². The molecule has 0 spiro atoms. The lowest BCUT2D eigenvalue weighted by Crippen LogP contribution is -2.43. The summed E-state index contributed by atoms with van der Waals surface area (Å²) >= 11 is 0. The van der Waals surface area contributed by atoms with Crippen LogP contribution in [0, 0.1) is 0 Å². The molecule has 104 valence electrons. The molecule has 0 aliphatic carbocycles. The summed E-state index contributed by atoms with van der Waals surface area (Å²) in [6.07, 6.45) is 1.23. The molecule has 1 atom stereocenters. The molecule has 0 aromatic heterocycles. The van der Waals surface area contributed by atoms with Crippen molar-refractivity contribution in [2.45, 2.75) is 44.4 Å². The molecule has 0 aromatic carbocycles. The zero-order valence-electron chi connectivity index (χ0n) is 11.9. The van der Waals surface area contributed by atoms with Crippen LogP contribution in [0.25, 0.3) is 0 Å². The Morgan fingerprint density at radius 3 is 1.76 bits per heavy atom. The maximum absolute atomic E-state index is 9.46. The van der Waals surface area contributed by atoms with Crippen LogP contribution < -0.4 is 0 Å². The van der Waals surface area contributed by atoms with Crippen LogP contribution in [0.2, 0.25) is 24.2 Å². The summed E-state index contributed by atoms with van der Waals surface area (Å²) in [6.45, 7) is 4.22. The maximum atomic E-state index is 9.46. The maximum Gasteiger partial charge on any atom is 0.337 e. The molecule has 0 amide bonds. The zero-order valence-corrected chi connectivity index (χ0v) is 13.9. The average molecular weight is 281 g/mol. The van der Waals surface area contributed by atoms with Gasteiger partial charge in [0.25, 0.3) is 0 Å². The highest BCUT2D eigenvalue weighted by Crippen LogP contribution is 2.25. The van der Waals surface area contributed by atoms with E-state index in [1.165, 1.54) is 0 Å². The van der Waals surface area contributed by atoms with Crippen LogP contribution >= 0.6 is 0 Å². The molecule has 4 nitrogen and oxygen atoms in total. The van der Waals surface area contributed by atoms with Crippen molar-refractivity contribution in [3.63, 3.8) is 0 Å². The van der Waals surface area contributed by atoms with Crippen molar-refractivity contribution in [3.8, 4) is 0 Å². The van der Waals surface area contributed by atoms with Gasteiger partial charge in [-0.3, -0.25) is 0 Å². The third-order valence-corrected chi connectivity index (χ3v) is 11.5. The molecule has 0 saturated heterocycles. The highest BCUT2D eigenvalue weighted by Gasteiger charge is 2.36. The summed E-state index contributed by atoms with van der Waals surface area (Å²) < 4.78 is 16.7. The van der Waals surface area contributed by atoms with E-state index in [9.17, 15) is 5.11 Å². The largest absolute Gasteiger partial charge is 0.418 e. The first-order valence-corrected chi connectivity index (χ1v) is 11.1. The Hall–Kier alpha value is 0.274. The molecule has 6 heteroatoms. The fourth-order valence-electron chi connectivity index (χ4n) is 2.11. The molecule has 1 N–H and O–H groups in total. The quantitative estimate of drug-likeness (QED) is 0.624. The monoisotopic (exact) mass is 280 g/mol. The minimum atomic E-state index is -1.97. The van der Waals surface area contributed by atoms with Gasteiger partial charge in [0.15, 0.2) is 0 Å². The van der Waals surface area contributed by atoms with Crippen LogP contribution in [0.4, 0.5) is 0 Å². The van der Waals surface area contributed by atoms with E-state index in [4.69, 9.17) is 13.3 Å². The van der Waals surface area contributed by atoms with Gasteiger partial charge in [-0.1, -0.05) is 20.3 Å². The summed E-state index contributed by atoms with van der Waals surface area (Å²) in [5.41, 5.74) is 0. The standard InChI is InChI=1S/C11H28O4Si2/c1-6-16(11-12,13-3)9-8-10-17(7-2,14-4)15-5/h12H,6-11H2,1-5H3. The van der Waals surface area contributed by atoms with Crippen LogP contribution in [-0.4, -0.2) is 49.5 Å². The number of rotatable bonds is 10. The Kier molecular flexibility index (Phi) is 8.52. The van der Waals surface area contributed by atoms with E-state index in [0.717, 1.165) is 30.6 Å². The van der Waals surface area contributed by atoms with Gasteiger partial charge in [-0.25, -0.2) is 0 Å². The lowest BCUT2D eigenvalue weighted by molar-refractivity contribution is 0.241. The van der Waals surface area contributed by atoms with E-state index in [-0.39, 0.29) is 6.23 Å². The molecule has 0 aromatic rings. The first-order chi connectivity index (χ1) is 8.07. The summed E-state index contributed by atoms with van der Waals surface area (Å²) in [7, 11) is 1.35. The third kappa shape index (κ3) is 4.80. The summed E-state index contributed by atoms with van der Waals surface area (Å²) in [5.74, 6) is 0. The van der Waals surface area contributed by atoms with E-state index < -0.39 is 16.9 Å². The Labute approximate surface area is 108 Å². The van der Waals surface area contributed by atoms with Gasteiger partial charge in [0, 0.05) is 21.3 Å². The van der Waals surface area contributed by atoms with Crippen LogP contribution in [0.15, 0.2) is 0 Å². The second kappa shape index (κ2) is 8.39. The SMILES string of the molecule is CC[Si](CO)(CCC[Si](CC)(OC)OC)OC. The molecule has 0 heterocycles. The predicted octanol–water partition coefficient (Wildman–Crippen LogP) is 2.27. The molecule has 0 rings (SSSR count). The van der Waals surface area contributed by atoms with Crippen LogP contribution in [0.1, 0.15) is 20.3 Å². The molecule has 0 fully saturated rings. The number of aliphatic hydroxyl groups is 1. The van der Waals surface area contributed by atoms with Crippen LogP contribution in [0.3, 0.4) is 0 Å². The van der Waals surface area contributed by atoms with Crippen molar-refractivity contribution in [1.29, 1.82) is 0 Å². The molecule has 1 unspecified atom stereocenters. The number of hydrogen-bond donors (Lipinski definition) is 1. The molecule has 0 radical (unpaired) electrons. The van der Waals surface area contributed by atoms with Gasteiger partial charge >= 0.3 is 8.56 Å². The molecule has 0 aliphatic heterocycles. The molecular weight excluding hydrogens is 252 g/mol. The number of hydrogen-bond acceptors (Lipinski definition) is 4. The molecule has 0 saturated carbocycles. The average Bonchev–Trinajstić information content (AvgIpc) is 2.41. The molecule has 17 heavy (non-hydrogen) atoms. The van der Waals surface area contributed by atoms with Crippen molar-refractivity contribution >= 4 is 16.9 Å². The van der Waals surface area contributed by atoms with Crippen molar-refractivity contribution in [2.24, 2.45) is 0 Å². The van der Waals surface area contributed by atoms with E-state index in [0.29, 0.717) is 0 Å². The minimum Gasteiger partial charge on any atom is -0.418 e. The Balaban J connectivity index is 4.28. The second-order valence-corrected chi connectivity index (χ2v) is 12.6. The predicted molar refractivity (Wildman–Crippen MR) is 74.8 cm³/mol. The minimum absolute atomic E-state index is 0.209. The fourth-order valence-corrected chi connectivity index (χ4v) is 6.86. The molecule has 0 aliphatic rings. The fraction of sp³-hybridized carbons (Fsp3) is 1.00. The lowest BCUT2D eigenvalue weighted by Gasteiger charge is -2.29. The second-order valence-electron chi connectivity index (χ2n) is 4.42. The summed E-state index contributed by atoms with van der Waals surface area (Å²) in [5, 5.41) is 9.46. The topological polar surface area (TPSA) is 47.9 Å². The van der Waals surface area contributed by atoms with Crippen molar-refractivity contribution in [3.05, 3.63) is 0 Å². The summed E-state index contributed by atoms with van der Waals surface area (Å²) in [6, 6.07) is 3.89. The number of aliphatic hydroxyl groups excluding tert-OH is 1. The van der Waals surface area contributed by atoms with Crippen molar-refractivity contribution in [2.75, 3.05) is 27.6 Å². The van der Waals surface area contributed by atoms with Gasteiger partial charge in [0.1, 0.15) is 0 Å². The summed E-state index contributed by atoms with van der Waals surface area (Å²) in [4.78, 5) is 0.